The molecule has 0 saturated carbocycles. The number of methoxy groups -OCH3 is 1. The summed E-state index contributed by atoms with van der Waals surface area (Å²) in [6.45, 7) is 3.65. The Morgan fingerprint density at radius 3 is 2.81 bits per heavy atom. The maximum atomic E-state index is 13.5. The highest BCUT2D eigenvalue weighted by Gasteiger charge is 2.32. The van der Waals surface area contributed by atoms with E-state index >= 15 is 0 Å². The van der Waals surface area contributed by atoms with E-state index in [4.69, 9.17) is 26.7 Å². The normalized spacial score (nSPS) is 18.8. The maximum Gasteiger partial charge on any atom is 0.267 e. The first kappa shape index (κ1) is 25.4. The van der Waals surface area contributed by atoms with Crippen LogP contribution in [0.4, 0.5) is 5.82 Å². The standard InChI is InChI=1S/C27H28N4O4S2/c1-17-5-3-12-30-24(17)29-23(28-16-20-6-4-14-35-20)21(25(30)32)15-22-26(33)31(27(36)37-22)13-11-18-7-9-19(34-2)10-8-18/h3,5,7-10,12,15,20,28H,4,6,11,13-14,16H2,1-2H3/b22-15-/t20-/m0/s1. The van der Waals surface area contributed by atoms with Gasteiger partial charge in [0.15, 0.2) is 0 Å². The van der Waals surface area contributed by atoms with E-state index in [-0.39, 0.29) is 17.6 Å². The van der Waals surface area contributed by atoms with Crippen molar-refractivity contribution in [1.29, 1.82) is 0 Å². The number of benzene rings is 1. The fourth-order valence-corrected chi connectivity index (χ4v) is 5.74. The number of nitrogens with zero attached hydrogens (tertiary/aromatic N) is 3. The van der Waals surface area contributed by atoms with Crippen molar-refractivity contribution in [3.05, 3.63) is 74.5 Å². The van der Waals surface area contributed by atoms with Crippen LogP contribution in [-0.4, -0.2) is 57.4 Å². The minimum Gasteiger partial charge on any atom is -0.497 e. The highest BCUT2D eigenvalue weighted by molar-refractivity contribution is 8.26. The number of hydrogen-bond donors (Lipinski definition) is 1. The van der Waals surface area contributed by atoms with Crippen molar-refractivity contribution in [3.8, 4) is 5.75 Å². The van der Waals surface area contributed by atoms with Crippen molar-refractivity contribution < 1.29 is 14.3 Å². The lowest BCUT2D eigenvalue weighted by atomic mass is 10.1. The molecule has 37 heavy (non-hydrogen) atoms. The molecule has 2 aromatic heterocycles. The molecule has 10 heteroatoms. The van der Waals surface area contributed by atoms with Gasteiger partial charge in [-0.05, 0) is 61.6 Å². The van der Waals surface area contributed by atoms with Gasteiger partial charge in [-0.25, -0.2) is 4.98 Å². The molecule has 0 radical (unpaired) electrons. The van der Waals surface area contributed by atoms with E-state index in [0.717, 1.165) is 36.3 Å². The molecule has 8 nitrogen and oxygen atoms in total. The van der Waals surface area contributed by atoms with Crippen molar-refractivity contribution >= 4 is 51.7 Å². The molecule has 1 atom stereocenters. The number of nitrogens with one attached hydrogen (secondary N) is 1. The van der Waals surface area contributed by atoms with E-state index in [1.165, 1.54) is 16.2 Å². The third-order valence-electron chi connectivity index (χ3n) is 6.54. The minimum absolute atomic E-state index is 0.0705. The Balaban J connectivity index is 1.42. The monoisotopic (exact) mass is 536 g/mol. The molecule has 1 amide bonds. The number of amides is 1. The van der Waals surface area contributed by atoms with E-state index in [1.54, 1.807) is 24.3 Å². The number of aromatic nitrogens is 2. The van der Waals surface area contributed by atoms with Crippen LogP contribution in [0.1, 0.15) is 29.5 Å². The molecular formula is C27H28N4O4S2. The molecule has 2 aliphatic heterocycles. The Morgan fingerprint density at radius 2 is 2.08 bits per heavy atom. The average molecular weight is 537 g/mol. The van der Waals surface area contributed by atoms with Crippen molar-refractivity contribution in [2.75, 3.05) is 32.1 Å². The summed E-state index contributed by atoms with van der Waals surface area (Å²) in [7, 11) is 1.63. The summed E-state index contributed by atoms with van der Waals surface area (Å²) in [5.74, 6) is 1.02. The van der Waals surface area contributed by atoms with Crippen molar-refractivity contribution in [1.82, 2.24) is 14.3 Å². The van der Waals surface area contributed by atoms with Crippen LogP contribution in [0.3, 0.4) is 0 Å². The lowest BCUT2D eigenvalue weighted by molar-refractivity contribution is -0.122. The topological polar surface area (TPSA) is 85.2 Å². The lowest BCUT2D eigenvalue weighted by Crippen LogP contribution is -2.30. The van der Waals surface area contributed by atoms with Gasteiger partial charge in [-0.2, -0.15) is 0 Å². The molecule has 2 fully saturated rings. The van der Waals surface area contributed by atoms with E-state index in [2.05, 4.69) is 5.32 Å². The van der Waals surface area contributed by atoms with Gasteiger partial charge in [0.25, 0.3) is 11.5 Å². The fourth-order valence-electron chi connectivity index (χ4n) is 4.45. The van der Waals surface area contributed by atoms with E-state index in [1.807, 2.05) is 43.3 Å². The average Bonchev–Trinajstić information content (AvgIpc) is 3.52. The second kappa shape index (κ2) is 11.0. The van der Waals surface area contributed by atoms with Crippen LogP contribution in [0.2, 0.25) is 0 Å². The Kier molecular flexibility index (Phi) is 7.59. The Bertz CT molecular complexity index is 1430. The summed E-state index contributed by atoms with van der Waals surface area (Å²) in [6, 6.07) is 11.5. The first-order valence-corrected chi connectivity index (χ1v) is 13.4. The van der Waals surface area contributed by atoms with Gasteiger partial charge in [0.1, 0.15) is 21.5 Å². The van der Waals surface area contributed by atoms with Gasteiger partial charge in [-0.1, -0.05) is 42.2 Å². The second-order valence-corrected chi connectivity index (χ2v) is 10.7. The van der Waals surface area contributed by atoms with Gasteiger partial charge in [0.2, 0.25) is 0 Å². The van der Waals surface area contributed by atoms with Gasteiger partial charge < -0.3 is 14.8 Å². The molecule has 0 aliphatic carbocycles. The zero-order valence-electron chi connectivity index (χ0n) is 20.7. The Hall–Kier alpha value is -3.21. The van der Waals surface area contributed by atoms with Gasteiger partial charge in [-0.15, -0.1) is 0 Å². The van der Waals surface area contributed by atoms with E-state index < -0.39 is 0 Å². The summed E-state index contributed by atoms with van der Waals surface area (Å²) in [4.78, 5) is 33.6. The van der Waals surface area contributed by atoms with Crippen LogP contribution >= 0.6 is 24.0 Å². The quantitative estimate of drug-likeness (QED) is 0.341. The predicted octanol–water partition coefficient (Wildman–Crippen LogP) is 4.05. The predicted molar refractivity (Wildman–Crippen MR) is 150 cm³/mol. The second-order valence-electron chi connectivity index (χ2n) is 9.01. The molecular weight excluding hydrogens is 508 g/mol. The number of ether oxygens (including phenoxy) is 2. The highest BCUT2D eigenvalue weighted by atomic mass is 32.2. The zero-order valence-corrected chi connectivity index (χ0v) is 22.4. The van der Waals surface area contributed by atoms with Crippen molar-refractivity contribution in [2.24, 2.45) is 0 Å². The molecule has 2 saturated heterocycles. The van der Waals surface area contributed by atoms with Gasteiger partial charge in [0, 0.05) is 25.9 Å². The number of rotatable bonds is 8. The fraction of sp³-hybridized carbons (Fsp3) is 0.333. The maximum absolute atomic E-state index is 13.5. The Morgan fingerprint density at radius 1 is 1.27 bits per heavy atom. The number of thioether (sulfide) groups is 1. The van der Waals surface area contributed by atoms with Crippen LogP contribution in [0.5, 0.6) is 5.75 Å². The number of anilines is 1. The largest absolute Gasteiger partial charge is 0.497 e. The summed E-state index contributed by atoms with van der Waals surface area (Å²) >= 11 is 6.73. The van der Waals surface area contributed by atoms with Crippen molar-refractivity contribution in [2.45, 2.75) is 32.3 Å². The van der Waals surface area contributed by atoms with Gasteiger partial charge >= 0.3 is 0 Å². The number of aryl methyl sites for hydroxylation is 1. The van der Waals surface area contributed by atoms with Gasteiger partial charge in [0.05, 0.1) is 23.7 Å². The first-order chi connectivity index (χ1) is 17.9. The zero-order chi connectivity index (χ0) is 25.9. The van der Waals surface area contributed by atoms with Crippen LogP contribution in [-0.2, 0) is 16.0 Å². The summed E-state index contributed by atoms with van der Waals surface area (Å²) in [5, 5.41) is 3.31. The molecule has 3 aromatic rings. The molecule has 192 valence electrons. The lowest BCUT2D eigenvalue weighted by Gasteiger charge is -2.15. The Labute approximate surface area is 224 Å². The van der Waals surface area contributed by atoms with Crippen LogP contribution < -0.4 is 15.6 Å². The third kappa shape index (κ3) is 5.41. The summed E-state index contributed by atoms with van der Waals surface area (Å²) < 4.78 is 12.9. The number of carbonyl (C=O) groups is 1. The number of fused-ring (bicyclic) bond motifs is 1. The smallest absolute Gasteiger partial charge is 0.267 e. The number of carbonyl (C=O) groups excluding carboxylic acids is 1. The third-order valence-corrected chi connectivity index (χ3v) is 7.92. The molecule has 4 heterocycles. The van der Waals surface area contributed by atoms with Crippen LogP contribution in [0, 0.1) is 6.92 Å². The summed E-state index contributed by atoms with van der Waals surface area (Å²) in [5.41, 5.74) is 2.62. The molecule has 5 rings (SSSR count). The van der Waals surface area contributed by atoms with E-state index in [0.29, 0.717) is 45.8 Å². The molecule has 1 aromatic carbocycles. The highest BCUT2D eigenvalue weighted by Crippen LogP contribution is 2.33. The molecule has 1 N–H and O–H groups in total. The molecule has 0 bridgehead atoms. The number of hydrogen-bond acceptors (Lipinski definition) is 8. The minimum atomic E-state index is -0.243. The number of pyridine rings is 1. The molecule has 0 unspecified atom stereocenters. The van der Waals surface area contributed by atoms with Crippen LogP contribution in [0.15, 0.2) is 52.3 Å². The molecule has 2 aliphatic rings. The summed E-state index contributed by atoms with van der Waals surface area (Å²) in [6.07, 6.45) is 6.01. The van der Waals surface area contributed by atoms with Crippen LogP contribution in [0.25, 0.3) is 11.7 Å². The van der Waals surface area contributed by atoms with Gasteiger partial charge in [-0.3, -0.25) is 18.9 Å². The first-order valence-electron chi connectivity index (χ1n) is 12.2. The van der Waals surface area contributed by atoms with E-state index in [9.17, 15) is 9.59 Å². The number of thiocarbonyl (C=S) groups is 1. The molecule has 0 spiro atoms. The SMILES string of the molecule is COc1ccc(CCN2C(=O)/C(=C/c3c(NC[C@@H]4CCCO4)nc4c(C)cccn4c3=O)SC2=S)cc1. The van der Waals surface area contributed by atoms with Crippen molar-refractivity contribution in [3.63, 3.8) is 0 Å².